The van der Waals surface area contributed by atoms with Gasteiger partial charge in [-0.15, -0.1) is 0 Å². The first kappa shape index (κ1) is 14.4. The lowest BCUT2D eigenvalue weighted by Crippen LogP contribution is -2.35. The number of piperidine rings is 1. The van der Waals surface area contributed by atoms with E-state index < -0.39 is 0 Å². The van der Waals surface area contributed by atoms with Crippen molar-refractivity contribution in [3.05, 3.63) is 0 Å². The van der Waals surface area contributed by atoms with E-state index in [0.29, 0.717) is 17.2 Å². The summed E-state index contributed by atoms with van der Waals surface area (Å²) in [5.74, 6) is 1.43. The van der Waals surface area contributed by atoms with Crippen LogP contribution in [0.5, 0.6) is 0 Å². The number of carbonyl (C=O) groups excluding carboxylic acids is 1. The SMILES string of the molecule is O=C(NCC1CCCCCCC1)C1CC12CCNCC2. The standard InChI is InChI=1S/C17H30N2O/c20-16(15-12-17(15)8-10-18-11-9-17)19-13-14-6-4-2-1-3-5-7-14/h14-15,18H,1-13H2,(H,19,20). The Bertz CT molecular complexity index is 328. The van der Waals surface area contributed by atoms with Gasteiger partial charge in [-0.1, -0.05) is 32.1 Å². The Balaban J connectivity index is 1.41. The summed E-state index contributed by atoms with van der Waals surface area (Å²) in [5.41, 5.74) is 0.385. The zero-order valence-electron chi connectivity index (χ0n) is 12.8. The molecule has 1 unspecified atom stereocenters. The van der Waals surface area contributed by atoms with Crippen molar-refractivity contribution in [1.29, 1.82) is 0 Å². The molecule has 3 rings (SSSR count). The quantitative estimate of drug-likeness (QED) is 0.833. The fraction of sp³-hybridized carbons (Fsp3) is 0.941. The first-order valence-corrected chi connectivity index (χ1v) is 8.79. The minimum Gasteiger partial charge on any atom is -0.356 e. The highest BCUT2D eigenvalue weighted by Gasteiger charge is 2.57. The van der Waals surface area contributed by atoms with Crippen LogP contribution in [0.15, 0.2) is 0 Å². The summed E-state index contributed by atoms with van der Waals surface area (Å²) in [7, 11) is 0. The van der Waals surface area contributed by atoms with E-state index in [9.17, 15) is 4.79 Å². The van der Waals surface area contributed by atoms with Crippen molar-refractivity contribution in [3.63, 3.8) is 0 Å². The molecule has 2 aliphatic carbocycles. The van der Waals surface area contributed by atoms with Crippen LogP contribution < -0.4 is 10.6 Å². The molecule has 3 heteroatoms. The number of nitrogens with one attached hydrogen (secondary N) is 2. The second kappa shape index (κ2) is 6.46. The Morgan fingerprint density at radius 3 is 2.40 bits per heavy atom. The molecule has 1 aliphatic heterocycles. The minimum absolute atomic E-state index is 0.332. The molecule has 0 radical (unpaired) electrons. The fourth-order valence-electron chi connectivity index (χ4n) is 4.31. The van der Waals surface area contributed by atoms with Crippen LogP contribution in [0.25, 0.3) is 0 Å². The summed E-state index contributed by atoms with van der Waals surface area (Å²) in [6.45, 7) is 3.14. The molecule has 1 amide bonds. The van der Waals surface area contributed by atoms with Crippen LogP contribution in [0.4, 0.5) is 0 Å². The van der Waals surface area contributed by atoms with Crippen LogP contribution in [-0.4, -0.2) is 25.5 Å². The number of rotatable bonds is 3. The topological polar surface area (TPSA) is 41.1 Å². The molecule has 0 aromatic rings. The van der Waals surface area contributed by atoms with E-state index >= 15 is 0 Å². The lowest BCUT2D eigenvalue weighted by molar-refractivity contribution is -0.123. The Kier molecular flexibility index (Phi) is 4.65. The minimum atomic E-state index is 0.332. The molecule has 20 heavy (non-hydrogen) atoms. The second-order valence-corrected chi connectivity index (χ2v) is 7.33. The van der Waals surface area contributed by atoms with Gasteiger partial charge in [0.1, 0.15) is 0 Å². The third-order valence-electron chi connectivity index (χ3n) is 5.90. The van der Waals surface area contributed by atoms with Crippen molar-refractivity contribution in [2.45, 2.75) is 64.2 Å². The Hall–Kier alpha value is -0.570. The highest BCUT2D eigenvalue weighted by atomic mass is 16.2. The van der Waals surface area contributed by atoms with Gasteiger partial charge >= 0.3 is 0 Å². The molecule has 3 nitrogen and oxygen atoms in total. The molecular formula is C17H30N2O. The lowest BCUT2D eigenvalue weighted by Gasteiger charge is -2.24. The number of amides is 1. The summed E-state index contributed by atoms with van der Waals surface area (Å²) in [6, 6.07) is 0. The third-order valence-corrected chi connectivity index (χ3v) is 5.90. The predicted octanol–water partition coefficient (Wildman–Crippen LogP) is 2.85. The van der Waals surface area contributed by atoms with E-state index in [1.54, 1.807) is 0 Å². The van der Waals surface area contributed by atoms with Crippen LogP contribution in [0.1, 0.15) is 64.2 Å². The van der Waals surface area contributed by atoms with Crippen LogP contribution in [0.2, 0.25) is 0 Å². The molecule has 1 heterocycles. The molecule has 3 fully saturated rings. The van der Waals surface area contributed by atoms with Gasteiger partial charge in [-0.3, -0.25) is 4.79 Å². The number of carbonyl (C=O) groups is 1. The van der Waals surface area contributed by atoms with Gasteiger partial charge in [0.05, 0.1) is 0 Å². The van der Waals surface area contributed by atoms with Gasteiger partial charge in [0.15, 0.2) is 0 Å². The largest absolute Gasteiger partial charge is 0.356 e. The van der Waals surface area contributed by atoms with Crippen LogP contribution in [0.3, 0.4) is 0 Å². The molecule has 2 saturated carbocycles. The van der Waals surface area contributed by atoms with Gasteiger partial charge in [-0.2, -0.15) is 0 Å². The third kappa shape index (κ3) is 3.36. The van der Waals surface area contributed by atoms with Gasteiger partial charge in [0.25, 0.3) is 0 Å². The Morgan fingerprint density at radius 2 is 1.70 bits per heavy atom. The molecule has 3 aliphatic rings. The first-order valence-electron chi connectivity index (χ1n) is 8.79. The number of hydrogen-bond donors (Lipinski definition) is 2. The van der Waals surface area contributed by atoms with E-state index in [1.807, 2.05) is 0 Å². The van der Waals surface area contributed by atoms with Crippen LogP contribution in [0, 0.1) is 17.3 Å². The highest BCUT2D eigenvalue weighted by Crippen LogP contribution is 2.58. The van der Waals surface area contributed by atoms with Crippen LogP contribution >= 0.6 is 0 Å². The van der Waals surface area contributed by atoms with E-state index in [0.717, 1.165) is 32.0 Å². The molecule has 1 atom stereocenters. The summed E-state index contributed by atoms with van der Waals surface area (Å²) in [6.07, 6.45) is 13.1. The van der Waals surface area contributed by atoms with Crippen molar-refractivity contribution in [2.75, 3.05) is 19.6 Å². The maximum atomic E-state index is 12.3. The summed E-state index contributed by atoms with van der Waals surface area (Å²) >= 11 is 0. The molecule has 1 spiro atoms. The van der Waals surface area contributed by atoms with Crippen molar-refractivity contribution >= 4 is 5.91 Å². The van der Waals surface area contributed by atoms with E-state index in [1.165, 1.54) is 57.8 Å². The Labute approximate surface area is 123 Å². The molecule has 1 saturated heterocycles. The van der Waals surface area contributed by atoms with Crippen molar-refractivity contribution in [2.24, 2.45) is 17.3 Å². The molecule has 0 bridgehead atoms. The van der Waals surface area contributed by atoms with Gasteiger partial charge in [-0.25, -0.2) is 0 Å². The monoisotopic (exact) mass is 278 g/mol. The summed E-state index contributed by atoms with van der Waals surface area (Å²) in [5, 5.41) is 6.68. The smallest absolute Gasteiger partial charge is 0.223 e. The highest BCUT2D eigenvalue weighted by molar-refractivity contribution is 5.82. The lowest BCUT2D eigenvalue weighted by atomic mass is 9.90. The molecule has 2 N–H and O–H groups in total. The average Bonchev–Trinajstić information content (AvgIpc) is 3.11. The Morgan fingerprint density at radius 1 is 1.05 bits per heavy atom. The maximum absolute atomic E-state index is 12.3. The van der Waals surface area contributed by atoms with Crippen molar-refractivity contribution in [1.82, 2.24) is 10.6 Å². The molecule has 0 aromatic heterocycles. The predicted molar refractivity (Wildman–Crippen MR) is 81.5 cm³/mol. The number of hydrogen-bond acceptors (Lipinski definition) is 2. The zero-order chi connectivity index (χ0) is 13.8. The van der Waals surface area contributed by atoms with Crippen molar-refractivity contribution < 1.29 is 4.79 Å². The van der Waals surface area contributed by atoms with E-state index in [2.05, 4.69) is 10.6 Å². The zero-order valence-corrected chi connectivity index (χ0v) is 12.8. The van der Waals surface area contributed by atoms with E-state index in [4.69, 9.17) is 0 Å². The molecule has 114 valence electrons. The van der Waals surface area contributed by atoms with Gasteiger partial charge in [0, 0.05) is 12.5 Å². The summed E-state index contributed by atoms with van der Waals surface area (Å²) in [4.78, 5) is 12.3. The first-order chi connectivity index (χ1) is 9.80. The normalized spacial score (nSPS) is 30.5. The van der Waals surface area contributed by atoms with Gasteiger partial charge in [-0.05, 0) is 56.5 Å². The van der Waals surface area contributed by atoms with Gasteiger partial charge < -0.3 is 10.6 Å². The second-order valence-electron chi connectivity index (χ2n) is 7.33. The van der Waals surface area contributed by atoms with Gasteiger partial charge in [0.2, 0.25) is 5.91 Å². The fourth-order valence-corrected chi connectivity index (χ4v) is 4.31. The molecular weight excluding hydrogens is 248 g/mol. The van der Waals surface area contributed by atoms with Crippen LogP contribution in [-0.2, 0) is 4.79 Å². The molecule has 0 aromatic carbocycles. The maximum Gasteiger partial charge on any atom is 0.223 e. The summed E-state index contributed by atoms with van der Waals surface area (Å²) < 4.78 is 0. The average molecular weight is 278 g/mol. The van der Waals surface area contributed by atoms with Crippen molar-refractivity contribution in [3.8, 4) is 0 Å². The van der Waals surface area contributed by atoms with E-state index in [-0.39, 0.29) is 0 Å².